The fourth-order valence-electron chi connectivity index (χ4n) is 1.28. The van der Waals surface area contributed by atoms with Gasteiger partial charge in [0.25, 0.3) is 5.91 Å². The summed E-state index contributed by atoms with van der Waals surface area (Å²) in [4.78, 5) is 34.4. The molecule has 3 amide bonds. The predicted molar refractivity (Wildman–Crippen MR) is 76.0 cm³/mol. The molecule has 0 radical (unpaired) electrons. The van der Waals surface area contributed by atoms with E-state index in [9.17, 15) is 18.8 Å². The molecular weight excluding hydrogens is 349 g/mol. The zero-order valence-corrected chi connectivity index (χ0v) is 12.8. The van der Waals surface area contributed by atoms with E-state index in [-0.39, 0.29) is 15.7 Å². The molecule has 0 aliphatic carbocycles. The first-order valence-corrected chi connectivity index (χ1v) is 6.53. The van der Waals surface area contributed by atoms with E-state index in [4.69, 9.17) is 10.5 Å². The van der Waals surface area contributed by atoms with Crippen LogP contribution in [-0.4, -0.2) is 31.1 Å². The van der Waals surface area contributed by atoms with E-state index in [2.05, 4.69) is 21.2 Å². The molecule has 9 heteroatoms. The highest BCUT2D eigenvalue weighted by Gasteiger charge is 2.22. The van der Waals surface area contributed by atoms with Crippen LogP contribution in [-0.2, 0) is 9.53 Å². The second-order valence-electron chi connectivity index (χ2n) is 3.97. The highest BCUT2D eigenvalue weighted by molar-refractivity contribution is 9.10. The SMILES string of the molecule is CNC(=O)NC(=O)C(C)OC(=O)c1cc(N)c(F)cc1Br. The van der Waals surface area contributed by atoms with Crippen molar-refractivity contribution in [2.24, 2.45) is 0 Å². The zero-order chi connectivity index (χ0) is 16.2. The van der Waals surface area contributed by atoms with Crippen LogP contribution in [0.25, 0.3) is 0 Å². The topological polar surface area (TPSA) is 111 Å². The molecule has 1 rings (SSSR count). The Bertz CT molecular complexity index is 594. The minimum atomic E-state index is -1.21. The van der Waals surface area contributed by atoms with Crippen LogP contribution in [0.1, 0.15) is 17.3 Å². The summed E-state index contributed by atoms with van der Waals surface area (Å²) in [5, 5.41) is 4.14. The smallest absolute Gasteiger partial charge is 0.340 e. The second kappa shape index (κ2) is 7.02. The van der Waals surface area contributed by atoms with Gasteiger partial charge in [-0.2, -0.15) is 0 Å². The largest absolute Gasteiger partial charge is 0.449 e. The van der Waals surface area contributed by atoms with Crippen molar-refractivity contribution in [1.29, 1.82) is 0 Å². The number of anilines is 1. The van der Waals surface area contributed by atoms with Crippen molar-refractivity contribution in [2.75, 3.05) is 12.8 Å². The molecule has 0 aliphatic heterocycles. The molecule has 4 N–H and O–H groups in total. The Hall–Kier alpha value is -2.16. The normalized spacial score (nSPS) is 11.4. The number of esters is 1. The molecule has 1 atom stereocenters. The van der Waals surface area contributed by atoms with Gasteiger partial charge < -0.3 is 15.8 Å². The fourth-order valence-corrected chi connectivity index (χ4v) is 1.75. The van der Waals surface area contributed by atoms with E-state index in [1.165, 1.54) is 14.0 Å². The summed E-state index contributed by atoms with van der Waals surface area (Å²) in [6, 6.07) is 1.38. The zero-order valence-electron chi connectivity index (χ0n) is 11.2. The first-order chi connectivity index (χ1) is 9.76. The maximum Gasteiger partial charge on any atom is 0.340 e. The average Bonchev–Trinajstić information content (AvgIpc) is 2.42. The van der Waals surface area contributed by atoms with E-state index in [1.54, 1.807) is 0 Å². The molecule has 1 aromatic rings. The molecule has 1 unspecified atom stereocenters. The molecule has 0 fully saturated rings. The van der Waals surface area contributed by atoms with Crippen LogP contribution < -0.4 is 16.4 Å². The Morgan fingerprint density at radius 3 is 2.57 bits per heavy atom. The van der Waals surface area contributed by atoms with E-state index in [0.29, 0.717) is 0 Å². The van der Waals surface area contributed by atoms with Crippen LogP contribution >= 0.6 is 15.9 Å². The molecule has 0 heterocycles. The number of nitrogens with two attached hydrogens (primary N) is 1. The Balaban J connectivity index is 2.79. The summed E-state index contributed by atoms with van der Waals surface area (Å²) >= 11 is 3.00. The Morgan fingerprint density at radius 2 is 2.00 bits per heavy atom. The molecule has 7 nitrogen and oxygen atoms in total. The van der Waals surface area contributed by atoms with Crippen LogP contribution in [0.4, 0.5) is 14.9 Å². The van der Waals surface area contributed by atoms with Crippen LogP contribution in [0.15, 0.2) is 16.6 Å². The van der Waals surface area contributed by atoms with Crippen molar-refractivity contribution >= 4 is 39.5 Å². The van der Waals surface area contributed by atoms with Gasteiger partial charge in [-0.05, 0) is 35.0 Å². The Morgan fingerprint density at radius 1 is 1.38 bits per heavy atom. The van der Waals surface area contributed by atoms with Crippen LogP contribution in [0.3, 0.4) is 0 Å². The lowest BCUT2D eigenvalue weighted by atomic mass is 10.2. The quantitative estimate of drug-likeness (QED) is 0.552. The number of hydrogen-bond donors (Lipinski definition) is 3. The first-order valence-electron chi connectivity index (χ1n) is 5.74. The van der Waals surface area contributed by atoms with Crippen molar-refractivity contribution in [3.63, 3.8) is 0 Å². The number of imide groups is 1. The van der Waals surface area contributed by atoms with Crippen molar-refractivity contribution in [3.8, 4) is 0 Å². The number of benzene rings is 1. The van der Waals surface area contributed by atoms with Gasteiger partial charge in [0.05, 0.1) is 11.3 Å². The van der Waals surface area contributed by atoms with E-state index >= 15 is 0 Å². The van der Waals surface area contributed by atoms with Gasteiger partial charge in [0.15, 0.2) is 6.10 Å². The number of urea groups is 1. The summed E-state index contributed by atoms with van der Waals surface area (Å²) in [6.45, 7) is 1.29. The Kier molecular flexibility index (Phi) is 5.65. The lowest BCUT2D eigenvalue weighted by molar-refractivity contribution is -0.127. The van der Waals surface area contributed by atoms with Gasteiger partial charge in [0, 0.05) is 11.5 Å². The van der Waals surface area contributed by atoms with Crippen molar-refractivity contribution in [2.45, 2.75) is 13.0 Å². The number of hydrogen-bond acceptors (Lipinski definition) is 5. The minimum absolute atomic E-state index is 0.0338. The van der Waals surface area contributed by atoms with Crippen LogP contribution in [0.5, 0.6) is 0 Å². The highest BCUT2D eigenvalue weighted by Crippen LogP contribution is 2.23. The first kappa shape index (κ1) is 16.9. The maximum atomic E-state index is 13.2. The number of nitrogens with one attached hydrogen (secondary N) is 2. The Labute approximate surface area is 128 Å². The number of carbonyl (C=O) groups is 3. The summed E-state index contributed by atoms with van der Waals surface area (Å²) in [6.07, 6.45) is -1.21. The van der Waals surface area contributed by atoms with Gasteiger partial charge in [-0.1, -0.05) is 0 Å². The summed E-state index contributed by atoms with van der Waals surface area (Å²) in [7, 11) is 1.33. The third-order valence-corrected chi connectivity index (χ3v) is 3.08. The van der Waals surface area contributed by atoms with Gasteiger partial charge in [-0.3, -0.25) is 10.1 Å². The molecule has 0 saturated carbocycles. The molecule has 0 aromatic heterocycles. The number of carbonyl (C=O) groups excluding carboxylic acids is 3. The van der Waals surface area contributed by atoms with Crippen LogP contribution in [0, 0.1) is 5.82 Å². The van der Waals surface area contributed by atoms with Crippen molar-refractivity contribution < 1.29 is 23.5 Å². The molecule has 0 saturated heterocycles. The fraction of sp³-hybridized carbons (Fsp3) is 0.250. The van der Waals surface area contributed by atoms with E-state index < -0.39 is 29.8 Å². The summed E-state index contributed by atoms with van der Waals surface area (Å²) in [5.74, 6) is -2.37. The summed E-state index contributed by atoms with van der Waals surface area (Å²) < 4.78 is 18.2. The second-order valence-corrected chi connectivity index (χ2v) is 4.82. The van der Waals surface area contributed by atoms with Crippen molar-refractivity contribution in [1.82, 2.24) is 10.6 Å². The van der Waals surface area contributed by atoms with Gasteiger partial charge >= 0.3 is 12.0 Å². The van der Waals surface area contributed by atoms with Gasteiger partial charge in [0.2, 0.25) is 0 Å². The standard InChI is InChI=1S/C12H13BrFN3O4/c1-5(10(18)17-12(20)16-2)21-11(19)6-3-9(15)8(14)4-7(6)13/h3-5H,15H2,1-2H3,(H2,16,17,18,20). The predicted octanol–water partition coefficient (Wildman–Crippen LogP) is 1.17. The van der Waals surface area contributed by atoms with E-state index in [0.717, 1.165) is 12.1 Å². The minimum Gasteiger partial charge on any atom is -0.449 e. The van der Waals surface area contributed by atoms with Gasteiger partial charge in [-0.15, -0.1) is 0 Å². The lowest BCUT2D eigenvalue weighted by Gasteiger charge is -2.13. The highest BCUT2D eigenvalue weighted by atomic mass is 79.9. The summed E-state index contributed by atoms with van der Waals surface area (Å²) in [5.41, 5.74) is 5.10. The maximum absolute atomic E-state index is 13.2. The van der Waals surface area contributed by atoms with Gasteiger partial charge in [-0.25, -0.2) is 14.0 Å². The number of halogens is 2. The number of amides is 3. The molecule has 1 aromatic carbocycles. The molecule has 0 spiro atoms. The molecule has 0 aliphatic rings. The average molecular weight is 362 g/mol. The monoisotopic (exact) mass is 361 g/mol. The van der Waals surface area contributed by atoms with E-state index in [1.807, 2.05) is 5.32 Å². The molecular formula is C12H13BrFN3O4. The molecule has 114 valence electrons. The third kappa shape index (κ3) is 4.42. The number of nitrogen functional groups attached to an aromatic ring is 1. The van der Waals surface area contributed by atoms with Gasteiger partial charge in [0.1, 0.15) is 5.82 Å². The van der Waals surface area contributed by atoms with Crippen LogP contribution in [0.2, 0.25) is 0 Å². The third-order valence-electron chi connectivity index (χ3n) is 2.42. The lowest BCUT2D eigenvalue weighted by Crippen LogP contribution is -2.43. The van der Waals surface area contributed by atoms with Crippen molar-refractivity contribution in [3.05, 3.63) is 28.0 Å². The number of rotatable bonds is 3. The number of ether oxygens (including phenoxy) is 1. The molecule has 21 heavy (non-hydrogen) atoms. The molecule has 0 bridgehead atoms.